The number of methoxy groups -OCH3 is 2. The molecule has 0 N–H and O–H groups in total. The number of ether oxygens (including phenoxy) is 2. The molecule has 0 unspecified atom stereocenters. The van der Waals surface area contributed by atoms with Crippen LogP contribution < -0.4 is 15.0 Å². The zero-order valence-electron chi connectivity index (χ0n) is 19.2. The van der Waals surface area contributed by atoms with Crippen molar-refractivity contribution in [3.8, 4) is 22.9 Å². The molecule has 8 nitrogen and oxygen atoms in total. The molecule has 0 aliphatic heterocycles. The zero-order chi connectivity index (χ0) is 24.2. The SMILES string of the molecule is COc1cccc(-c2noc(CSc3nc4ccccc4c(=O)n3Cc3ccccc3)n2)c1OC. The van der Waals surface area contributed by atoms with Gasteiger partial charge in [-0.05, 0) is 29.8 Å². The molecule has 0 aliphatic carbocycles. The van der Waals surface area contributed by atoms with Crippen molar-refractivity contribution < 1.29 is 14.0 Å². The number of fused-ring (bicyclic) bond motifs is 1. The first-order chi connectivity index (χ1) is 17.2. The summed E-state index contributed by atoms with van der Waals surface area (Å²) in [4.78, 5) is 22.6. The van der Waals surface area contributed by atoms with E-state index in [0.717, 1.165) is 5.56 Å². The third kappa shape index (κ3) is 4.63. The van der Waals surface area contributed by atoms with E-state index in [1.807, 2.05) is 60.7 Å². The highest BCUT2D eigenvalue weighted by atomic mass is 32.2. The summed E-state index contributed by atoms with van der Waals surface area (Å²) >= 11 is 1.37. The summed E-state index contributed by atoms with van der Waals surface area (Å²) in [6.45, 7) is 0.413. The quantitative estimate of drug-likeness (QED) is 0.228. The van der Waals surface area contributed by atoms with Crippen LogP contribution in [0.5, 0.6) is 11.5 Å². The van der Waals surface area contributed by atoms with Gasteiger partial charge in [-0.2, -0.15) is 4.98 Å². The number of thioether (sulfide) groups is 1. The molecule has 35 heavy (non-hydrogen) atoms. The smallest absolute Gasteiger partial charge is 0.262 e. The van der Waals surface area contributed by atoms with Gasteiger partial charge in [0.15, 0.2) is 16.7 Å². The predicted octanol–water partition coefficient (Wildman–Crippen LogP) is 4.80. The Morgan fingerprint density at radius 3 is 2.51 bits per heavy atom. The lowest BCUT2D eigenvalue weighted by atomic mass is 10.2. The van der Waals surface area contributed by atoms with Gasteiger partial charge in [0.1, 0.15) is 0 Å². The Hall–Kier alpha value is -4.11. The lowest BCUT2D eigenvalue weighted by Crippen LogP contribution is -2.24. The first kappa shape index (κ1) is 22.7. The van der Waals surface area contributed by atoms with Gasteiger partial charge in [-0.15, -0.1) is 0 Å². The summed E-state index contributed by atoms with van der Waals surface area (Å²) in [6.07, 6.45) is 0. The van der Waals surface area contributed by atoms with Crippen LogP contribution in [0.4, 0.5) is 0 Å². The minimum absolute atomic E-state index is 0.0886. The van der Waals surface area contributed by atoms with Gasteiger partial charge in [0, 0.05) is 0 Å². The Bertz CT molecular complexity index is 1530. The fraction of sp³-hybridized carbons (Fsp3) is 0.154. The second kappa shape index (κ2) is 10.0. The van der Waals surface area contributed by atoms with Crippen LogP contribution in [0, 0.1) is 0 Å². The van der Waals surface area contributed by atoms with Crippen molar-refractivity contribution in [2.75, 3.05) is 14.2 Å². The van der Waals surface area contributed by atoms with Crippen molar-refractivity contribution >= 4 is 22.7 Å². The summed E-state index contributed by atoms with van der Waals surface area (Å²) < 4.78 is 18.0. The molecule has 0 radical (unpaired) electrons. The second-order valence-corrected chi connectivity index (χ2v) is 8.57. The fourth-order valence-corrected chi connectivity index (χ4v) is 4.61. The molecule has 0 amide bonds. The number of benzene rings is 3. The normalized spacial score (nSPS) is 11.0. The van der Waals surface area contributed by atoms with Crippen molar-refractivity contribution in [1.29, 1.82) is 0 Å². The molecule has 5 aromatic rings. The Morgan fingerprint density at radius 1 is 0.914 bits per heavy atom. The van der Waals surface area contributed by atoms with Crippen LogP contribution in [0.25, 0.3) is 22.3 Å². The molecule has 0 aliphatic rings. The Morgan fingerprint density at radius 2 is 1.71 bits per heavy atom. The summed E-state index contributed by atoms with van der Waals surface area (Å²) in [6, 6.07) is 22.7. The van der Waals surface area contributed by atoms with Gasteiger partial charge in [0.2, 0.25) is 11.7 Å². The monoisotopic (exact) mass is 486 g/mol. The highest BCUT2D eigenvalue weighted by Gasteiger charge is 2.18. The number of rotatable bonds is 8. The number of para-hydroxylation sites is 2. The Kier molecular flexibility index (Phi) is 6.49. The molecular weight excluding hydrogens is 464 g/mol. The molecule has 9 heteroatoms. The van der Waals surface area contributed by atoms with Crippen molar-refractivity contribution in [2.45, 2.75) is 17.5 Å². The highest BCUT2D eigenvalue weighted by molar-refractivity contribution is 7.98. The van der Waals surface area contributed by atoms with Crippen molar-refractivity contribution in [3.05, 3.63) is 94.6 Å². The number of hydrogen-bond donors (Lipinski definition) is 0. The van der Waals surface area contributed by atoms with E-state index in [-0.39, 0.29) is 5.56 Å². The van der Waals surface area contributed by atoms with E-state index in [1.54, 1.807) is 30.9 Å². The molecule has 0 atom stereocenters. The maximum atomic E-state index is 13.3. The van der Waals surface area contributed by atoms with Crippen molar-refractivity contribution in [3.63, 3.8) is 0 Å². The summed E-state index contributed by atoms with van der Waals surface area (Å²) in [7, 11) is 3.14. The largest absolute Gasteiger partial charge is 0.493 e. The molecule has 0 saturated carbocycles. The first-order valence-electron chi connectivity index (χ1n) is 10.9. The maximum Gasteiger partial charge on any atom is 0.262 e. The van der Waals surface area contributed by atoms with E-state index in [4.69, 9.17) is 19.0 Å². The van der Waals surface area contributed by atoms with Crippen LogP contribution in [0.1, 0.15) is 11.5 Å². The van der Waals surface area contributed by atoms with Gasteiger partial charge in [0.25, 0.3) is 5.56 Å². The molecule has 0 saturated heterocycles. The van der Waals surface area contributed by atoms with E-state index in [1.165, 1.54) is 11.8 Å². The van der Waals surface area contributed by atoms with E-state index in [0.29, 0.717) is 57.1 Å². The second-order valence-electron chi connectivity index (χ2n) is 7.63. The van der Waals surface area contributed by atoms with Gasteiger partial charge >= 0.3 is 0 Å². The molecule has 2 heterocycles. The average molecular weight is 487 g/mol. The van der Waals surface area contributed by atoms with E-state index < -0.39 is 0 Å². The molecule has 0 spiro atoms. The van der Waals surface area contributed by atoms with E-state index in [9.17, 15) is 4.79 Å². The van der Waals surface area contributed by atoms with Gasteiger partial charge in [-0.25, -0.2) is 4.98 Å². The van der Waals surface area contributed by atoms with Crippen LogP contribution >= 0.6 is 11.8 Å². The minimum atomic E-state index is -0.0886. The zero-order valence-corrected chi connectivity index (χ0v) is 20.0. The van der Waals surface area contributed by atoms with Crippen LogP contribution in [0.2, 0.25) is 0 Å². The molecule has 0 fully saturated rings. The number of aromatic nitrogens is 4. The topological polar surface area (TPSA) is 92.3 Å². The highest BCUT2D eigenvalue weighted by Crippen LogP contribution is 2.36. The van der Waals surface area contributed by atoms with Crippen molar-refractivity contribution in [1.82, 2.24) is 19.7 Å². The van der Waals surface area contributed by atoms with E-state index in [2.05, 4.69) is 10.1 Å². The molecule has 0 bridgehead atoms. The lowest BCUT2D eigenvalue weighted by molar-refractivity contribution is 0.355. The third-order valence-corrected chi connectivity index (χ3v) is 6.41. The van der Waals surface area contributed by atoms with Crippen LogP contribution in [-0.4, -0.2) is 33.9 Å². The Labute approximate surface area is 205 Å². The van der Waals surface area contributed by atoms with Crippen LogP contribution in [-0.2, 0) is 12.3 Å². The van der Waals surface area contributed by atoms with Crippen LogP contribution in [0.15, 0.2) is 87.3 Å². The first-order valence-corrected chi connectivity index (χ1v) is 11.9. The van der Waals surface area contributed by atoms with Gasteiger partial charge < -0.3 is 14.0 Å². The summed E-state index contributed by atoms with van der Waals surface area (Å²) in [5.74, 6) is 2.26. The molecule has 2 aromatic heterocycles. The van der Waals surface area contributed by atoms with E-state index >= 15 is 0 Å². The van der Waals surface area contributed by atoms with Crippen molar-refractivity contribution in [2.24, 2.45) is 0 Å². The Balaban J connectivity index is 1.46. The predicted molar refractivity (Wildman–Crippen MR) is 134 cm³/mol. The fourth-order valence-electron chi connectivity index (χ4n) is 3.78. The lowest BCUT2D eigenvalue weighted by Gasteiger charge is -2.12. The average Bonchev–Trinajstić information content (AvgIpc) is 3.38. The third-order valence-electron chi connectivity index (χ3n) is 5.45. The summed E-state index contributed by atoms with van der Waals surface area (Å²) in [5, 5.41) is 5.28. The maximum absolute atomic E-state index is 13.3. The van der Waals surface area contributed by atoms with Gasteiger partial charge in [0.05, 0.1) is 43.0 Å². The van der Waals surface area contributed by atoms with Gasteiger partial charge in [-0.3, -0.25) is 9.36 Å². The molecular formula is C26H22N4O4S. The molecule has 5 rings (SSSR count). The summed E-state index contributed by atoms with van der Waals surface area (Å²) in [5.41, 5.74) is 2.24. The van der Waals surface area contributed by atoms with Crippen LogP contribution in [0.3, 0.4) is 0 Å². The van der Waals surface area contributed by atoms with Gasteiger partial charge in [-0.1, -0.05) is 65.4 Å². The molecule has 3 aromatic carbocycles. The standard InChI is InChI=1S/C26H22N4O4S/c1-32-21-14-8-12-19(23(21)33-2)24-28-22(34-29-24)16-35-26-27-20-13-7-6-11-18(20)25(31)30(26)15-17-9-4-3-5-10-17/h3-14H,15-16H2,1-2H3. The number of hydrogen-bond acceptors (Lipinski definition) is 8. The molecule has 176 valence electrons. The number of nitrogens with zero attached hydrogens (tertiary/aromatic N) is 4. The minimum Gasteiger partial charge on any atom is -0.493 e.